The average molecular weight is 437 g/mol. The summed E-state index contributed by atoms with van der Waals surface area (Å²) in [6, 6.07) is 25.2. The van der Waals surface area contributed by atoms with Gasteiger partial charge in [-0.2, -0.15) is 4.31 Å². The van der Waals surface area contributed by atoms with Gasteiger partial charge in [-0.25, -0.2) is 8.42 Å². The Kier molecular flexibility index (Phi) is 5.64. The molecule has 1 fully saturated rings. The zero-order chi connectivity index (χ0) is 22.1. The molecule has 0 amide bonds. The van der Waals surface area contributed by atoms with Crippen LogP contribution in [-0.2, 0) is 15.4 Å². The van der Waals surface area contributed by atoms with Gasteiger partial charge in [0, 0.05) is 16.9 Å². The van der Waals surface area contributed by atoms with E-state index in [1.54, 1.807) is 24.3 Å². The number of sulfonamides is 1. The topological polar surface area (TPSA) is 80.5 Å². The monoisotopic (exact) mass is 436 g/mol. The molecule has 0 aromatic heterocycles. The number of nitrogens with zero attached hydrogens (tertiary/aromatic N) is 2. The van der Waals surface area contributed by atoms with Gasteiger partial charge in [-0.15, -0.1) is 0 Å². The van der Waals surface area contributed by atoms with Gasteiger partial charge >= 0.3 is 0 Å². The number of aryl methyl sites for hydroxylation is 1. The largest absolute Gasteiger partial charge is 0.264 e. The fraction of sp³-hybridized carbons (Fsp3) is 0.250. The van der Waals surface area contributed by atoms with Crippen molar-refractivity contribution in [3.05, 3.63) is 112 Å². The van der Waals surface area contributed by atoms with Crippen molar-refractivity contribution in [2.75, 3.05) is 13.1 Å². The van der Waals surface area contributed by atoms with E-state index in [1.807, 2.05) is 67.6 Å². The minimum absolute atomic E-state index is 0.149. The third-order valence-electron chi connectivity index (χ3n) is 6.06. The molecule has 0 radical (unpaired) electrons. The summed E-state index contributed by atoms with van der Waals surface area (Å²) in [6.45, 7) is 1.60. The Labute approximate surface area is 182 Å². The van der Waals surface area contributed by atoms with Crippen molar-refractivity contribution < 1.29 is 13.3 Å². The van der Waals surface area contributed by atoms with Crippen LogP contribution in [0.25, 0.3) is 0 Å². The molecule has 1 aliphatic rings. The van der Waals surface area contributed by atoms with Crippen molar-refractivity contribution in [3.8, 4) is 0 Å². The molecule has 6 nitrogen and oxygen atoms in total. The van der Waals surface area contributed by atoms with Crippen LogP contribution >= 0.6 is 0 Å². The summed E-state index contributed by atoms with van der Waals surface area (Å²) in [5.41, 5.74) is 2.19. The molecule has 1 saturated heterocycles. The van der Waals surface area contributed by atoms with Crippen LogP contribution in [0, 0.1) is 17.0 Å². The molecule has 4 rings (SSSR count). The van der Waals surface area contributed by atoms with E-state index >= 15 is 0 Å². The summed E-state index contributed by atoms with van der Waals surface area (Å²) in [5.74, 6) is 0. The first-order valence-electron chi connectivity index (χ1n) is 10.1. The van der Waals surface area contributed by atoms with Crippen molar-refractivity contribution in [1.29, 1.82) is 0 Å². The smallest absolute Gasteiger partial charge is 0.243 e. The standard InChI is InChI=1S/C24H24N2O4S/c1-19-12-14-23(15-13-19)31(29,30)25-18-24(16-22(25)17-26(27)28,20-8-4-2-5-9-20)21-10-6-3-7-11-21/h2-15,22H,16-18H2,1H3. The molecule has 7 heteroatoms. The number of benzene rings is 3. The lowest BCUT2D eigenvalue weighted by molar-refractivity contribution is -0.485. The van der Waals surface area contributed by atoms with Gasteiger partial charge in [-0.1, -0.05) is 78.4 Å². The first-order valence-corrected chi connectivity index (χ1v) is 11.6. The molecule has 3 aromatic carbocycles. The Morgan fingerprint density at radius 2 is 1.45 bits per heavy atom. The van der Waals surface area contributed by atoms with E-state index in [0.29, 0.717) is 6.42 Å². The van der Waals surface area contributed by atoms with Crippen LogP contribution in [0.3, 0.4) is 0 Å². The lowest BCUT2D eigenvalue weighted by Gasteiger charge is -2.30. The van der Waals surface area contributed by atoms with Crippen LogP contribution in [0.5, 0.6) is 0 Å². The second-order valence-corrected chi connectivity index (χ2v) is 9.94. The molecule has 0 bridgehead atoms. The van der Waals surface area contributed by atoms with Gasteiger partial charge in [-0.05, 0) is 36.6 Å². The molecule has 1 heterocycles. The summed E-state index contributed by atoms with van der Waals surface area (Å²) in [7, 11) is -3.91. The average Bonchev–Trinajstić information content (AvgIpc) is 3.16. The van der Waals surface area contributed by atoms with E-state index in [4.69, 9.17) is 0 Å². The van der Waals surface area contributed by atoms with Gasteiger partial charge in [0.15, 0.2) is 0 Å². The molecule has 3 aromatic rings. The first-order chi connectivity index (χ1) is 14.8. The molecule has 1 atom stereocenters. The Bertz CT molecular complexity index is 1120. The van der Waals surface area contributed by atoms with Crippen molar-refractivity contribution in [1.82, 2.24) is 4.31 Å². The normalized spacial score (nSPS) is 18.7. The maximum atomic E-state index is 13.6. The maximum absolute atomic E-state index is 13.6. The van der Waals surface area contributed by atoms with E-state index in [0.717, 1.165) is 16.7 Å². The third kappa shape index (κ3) is 3.98. The van der Waals surface area contributed by atoms with Crippen LogP contribution in [0.4, 0.5) is 0 Å². The second-order valence-electron chi connectivity index (χ2n) is 8.05. The Morgan fingerprint density at radius 1 is 0.935 bits per heavy atom. The fourth-order valence-corrected chi connectivity index (χ4v) is 6.19. The van der Waals surface area contributed by atoms with Crippen molar-refractivity contribution >= 4 is 10.0 Å². The Hall–Kier alpha value is -3.03. The summed E-state index contributed by atoms with van der Waals surface area (Å²) >= 11 is 0. The molecule has 0 spiro atoms. The highest BCUT2D eigenvalue weighted by atomic mass is 32.2. The Morgan fingerprint density at radius 3 is 1.94 bits per heavy atom. The van der Waals surface area contributed by atoms with Gasteiger partial charge in [0.25, 0.3) is 0 Å². The highest BCUT2D eigenvalue weighted by molar-refractivity contribution is 7.89. The van der Waals surface area contributed by atoms with Crippen LogP contribution < -0.4 is 0 Å². The summed E-state index contributed by atoms with van der Waals surface area (Å²) in [4.78, 5) is 11.2. The molecule has 160 valence electrons. The van der Waals surface area contributed by atoms with E-state index in [1.165, 1.54) is 4.31 Å². The van der Waals surface area contributed by atoms with Gasteiger partial charge < -0.3 is 0 Å². The van der Waals surface area contributed by atoms with Crippen molar-refractivity contribution in [2.45, 2.75) is 29.7 Å². The minimum Gasteiger partial charge on any atom is -0.264 e. The predicted octanol–water partition coefficient (Wildman–Crippen LogP) is 4.02. The summed E-state index contributed by atoms with van der Waals surface area (Å²) in [6.07, 6.45) is 0.340. The predicted molar refractivity (Wildman–Crippen MR) is 119 cm³/mol. The van der Waals surface area contributed by atoms with Crippen LogP contribution in [0.2, 0.25) is 0 Å². The number of nitro groups is 1. The highest BCUT2D eigenvalue weighted by Crippen LogP contribution is 2.45. The van der Waals surface area contributed by atoms with Crippen LogP contribution in [0.15, 0.2) is 89.8 Å². The number of hydrogen-bond donors (Lipinski definition) is 0. The minimum atomic E-state index is -3.91. The molecule has 1 unspecified atom stereocenters. The quantitative estimate of drug-likeness (QED) is 0.432. The third-order valence-corrected chi connectivity index (χ3v) is 7.97. The summed E-state index contributed by atoms with van der Waals surface area (Å²) in [5, 5.41) is 11.5. The fourth-order valence-electron chi connectivity index (χ4n) is 4.52. The molecule has 31 heavy (non-hydrogen) atoms. The number of rotatable bonds is 6. The molecule has 0 N–H and O–H groups in total. The van der Waals surface area contributed by atoms with Gasteiger partial charge in [0.2, 0.25) is 16.6 Å². The molecular formula is C24H24N2O4S. The zero-order valence-corrected chi connectivity index (χ0v) is 18.0. The molecule has 0 saturated carbocycles. The zero-order valence-electron chi connectivity index (χ0n) is 17.2. The molecule has 0 aliphatic carbocycles. The number of hydrogen-bond acceptors (Lipinski definition) is 4. The molecular weight excluding hydrogens is 412 g/mol. The maximum Gasteiger partial charge on any atom is 0.243 e. The van der Waals surface area contributed by atoms with E-state index in [9.17, 15) is 18.5 Å². The second kappa shape index (κ2) is 8.24. The highest BCUT2D eigenvalue weighted by Gasteiger charge is 2.52. The van der Waals surface area contributed by atoms with E-state index < -0.39 is 32.9 Å². The summed E-state index contributed by atoms with van der Waals surface area (Å²) < 4.78 is 28.5. The first kappa shape index (κ1) is 21.2. The lowest BCUT2D eigenvalue weighted by Crippen LogP contribution is -2.40. The van der Waals surface area contributed by atoms with E-state index in [2.05, 4.69) is 0 Å². The van der Waals surface area contributed by atoms with Gasteiger partial charge in [0.05, 0.1) is 10.9 Å². The SMILES string of the molecule is Cc1ccc(S(=O)(=O)N2CC(c3ccccc3)(c3ccccc3)CC2C[N+](=O)[O-])cc1. The lowest BCUT2D eigenvalue weighted by atomic mass is 9.73. The van der Waals surface area contributed by atoms with Crippen LogP contribution in [0.1, 0.15) is 23.1 Å². The van der Waals surface area contributed by atoms with Gasteiger partial charge in [0.1, 0.15) is 0 Å². The van der Waals surface area contributed by atoms with Gasteiger partial charge in [-0.3, -0.25) is 10.1 Å². The van der Waals surface area contributed by atoms with Crippen LogP contribution in [-0.4, -0.2) is 36.8 Å². The van der Waals surface area contributed by atoms with Crippen molar-refractivity contribution in [3.63, 3.8) is 0 Å². The van der Waals surface area contributed by atoms with E-state index in [-0.39, 0.29) is 11.4 Å². The van der Waals surface area contributed by atoms with Crippen molar-refractivity contribution in [2.24, 2.45) is 0 Å². The Balaban J connectivity index is 1.86. The molecule has 1 aliphatic heterocycles.